The maximum Gasteiger partial charge on any atom is 0.218 e. The molecule has 0 spiro atoms. The minimum Gasteiger partial charge on any atom is -0.416 e. The van der Waals surface area contributed by atoms with E-state index in [2.05, 4.69) is 50.3 Å². The Kier molecular flexibility index (Phi) is 5.86. The Hall–Kier alpha value is -1.20. The number of hydrogen-bond donors (Lipinski definition) is 0. The molecule has 2 rings (SSSR count). The van der Waals surface area contributed by atoms with Crippen LogP contribution >= 0.6 is 0 Å². The Morgan fingerprint density at radius 1 is 1.42 bits per heavy atom. The van der Waals surface area contributed by atoms with Crippen molar-refractivity contribution in [1.82, 2.24) is 4.98 Å². The average molecular weight is 351 g/mol. The highest BCUT2D eigenvalue weighted by molar-refractivity contribution is 6.74. The van der Waals surface area contributed by atoms with Crippen LogP contribution in [0, 0.1) is 11.9 Å². The number of rotatable bonds is 6. The Balaban J connectivity index is 1.93. The molecule has 5 heteroatoms. The van der Waals surface area contributed by atoms with Gasteiger partial charge in [-0.3, -0.25) is 0 Å². The molecule has 1 fully saturated rings. The Bertz CT molecular complexity index is 583. The largest absolute Gasteiger partial charge is 0.416 e. The van der Waals surface area contributed by atoms with E-state index >= 15 is 0 Å². The summed E-state index contributed by atoms with van der Waals surface area (Å²) in [6.07, 6.45) is 3.29. The lowest BCUT2D eigenvalue weighted by atomic mass is 10.1. The van der Waals surface area contributed by atoms with E-state index in [4.69, 9.17) is 4.43 Å². The quantitative estimate of drug-likeness (QED) is 0.419. The first-order valence-corrected chi connectivity index (χ1v) is 11.7. The van der Waals surface area contributed by atoms with Crippen LogP contribution < -0.4 is 4.90 Å². The van der Waals surface area contributed by atoms with Crippen molar-refractivity contribution in [3.8, 4) is 0 Å². The van der Waals surface area contributed by atoms with Gasteiger partial charge < -0.3 is 9.33 Å². The van der Waals surface area contributed by atoms with E-state index < -0.39 is 8.32 Å². The highest BCUT2D eigenvalue weighted by Crippen LogP contribution is 2.37. The second-order valence-corrected chi connectivity index (χ2v) is 13.1. The van der Waals surface area contributed by atoms with Crippen LogP contribution in [0.25, 0.3) is 0 Å². The molecule has 1 aromatic rings. The van der Waals surface area contributed by atoms with Crippen LogP contribution in [0.1, 0.15) is 32.8 Å². The van der Waals surface area contributed by atoms with Crippen LogP contribution in [0.2, 0.25) is 18.1 Å². The molecular weight excluding hydrogens is 319 g/mol. The summed E-state index contributed by atoms with van der Waals surface area (Å²) in [7, 11) is -1.70. The van der Waals surface area contributed by atoms with Crippen LogP contribution in [0.3, 0.4) is 0 Å². The monoisotopic (exact) mass is 350 g/mol. The zero-order valence-electron chi connectivity index (χ0n) is 15.7. The summed E-state index contributed by atoms with van der Waals surface area (Å²) in [4.78, 5) is 6.30. The van der Waals surface area contributed by atoms with Gasteiger partial charge in [-0.05, 0) is 37.0 Å². The number of allylic oxidation sites excluding steroid dienone is 1. The van der Waals surface area contributed by atoms with Gasteiger partial charge in [-0.1, -0.05) is 32.9 Å². The topological polar surface area (TPSA) is 25.4 Å². The van der Waals surface area contributed by atoms with Crippen molar-refractivity contribution in [2.24, 2.45) is 5.92 Å². The molecule has 0 saturated carbocycles. The van der Waals surface area contributed by atoms with Gasteiger partial charge >= 0.3 is 0 Å². The third-order valence-electron chi connectivity index (χ3n) is 5.37. The first-order valence-electron chi connectivity index (χ1n) is 8.79. The van der Waals surface area contributed by atoms with Crippen LogP contribution in [-0.4, -0.2) is 33.0 Å². The normalized spacial score (nSPS) is 18.9. The van der Waals surface area contributed by atoms with Crippen molar-refractivity contribution in [3.63, 3.8) is 0 Å². The van der Waals surface area contributed by atoms with E-state index in [0.717, 1.165) is 31.9 Å². The molecule has 1 aliphatic rings. The van der Waals surface area contributed by atoms with Gasteiger partial charge in [0, 0.05) is 31.2 Å². The molecular formula is C19H31FN2OSi. The number of pyridine rings is 1. The van der Waals surface area contributed by atoms with Crippen molar-refractivity contribution in [1.29, 1.82) is 0 Å². The average Bonchev–Trinajstić information content (AvgIpc) is 2.95. The molecule has 0 radical (unpaired) electrons. The second kappa shape index (κ2) is 7.36. The van der Waals surface area contributed by atoms with E-state index in [9.17, 15) is 4.39 Å². The minimum absolute atomic E-state index is 0.233. The summed E-state index contributed by atoms with van der Waals surface area (Å²) in [6.45, 7) is 17.6. The van der Waals surface area contributed by atoms with Crippen LogP contribution in [0.4, 0.5) is 10.2 Å². The number of halogens is 1. The predicted octanol–water partition coefficient (Wildman–Crippen LogP) is 4.80. The van der Waals surface area contributed by atoms with Gasteiger partial charge in [-0.15, -0.1) is 6.58 Å². The fourth-order valence-corrected chi connectivity index (χ4v) is 3.74. The predicted molar refractivity (Wildman–Crippen MR) is 102 cm³/mol. The standard InChI is InChI=1S/C19H31FN2OSi/c1-7-8-16-9-10-17(21-18(16)20)22-12-11-15(13-22)14-23-24(5,6)19(2,3)4/h7,9-10,15H,1,8,11-14H2,2-6H3/t15-/m0/s1. The molecule has 1 atom stereocenters. The fraction of sp³-hybridized carbons (Fsp3) is 0.632. The maximum absolute atomic E-state index is 14.0. The van der Waals surface area contributed by atoms with Gasteiger partial charge in [0.15, 0.2) is 8.32 Å². The third-order valence-corrected chi connectivity index (χ3v) is 9.87. The van der Waals surface area contributed by atoms with Crippen LogP contribution in [0.15, 0.2) is 24.8 Å². The maximum atomic E-state index is 14.0. The molecule has 1 aliphatic heterocycles. The van der Waals surface area contributed by atoms with Crippen molar-refractivity contribution in [2.75, 3.05) is 24.6 Å². The zero-order chi connectivity index (χ0) is 18.0. The molecule has 0 aromatic carbocycles. The van der Waals surface area contributed by atoms with Gasteiger partial charge in [-0.2, -0.15) is 4.39 Å². The fourth-order valence-electron chi connectivity index (χ4n) is 2.66. The number of aromatic nitrogens is 1. The van der Waals surface area contributed by atoms with E-state index in [0.29, 0.717) is 17.9 Å². The first kappa shape index (κ1) is 19.1. The third kappa shape index (κ3) is 4.45. The molecule has 134 valence electrons. The summed E-state index contributed by atoms with van der Waals surface area (Å²) < 4.78 is 20.4. The van der Waals surface area contributed by atoms with E-state index in [-0.39, 0.29) is 11.0 Å². The Morgan fingerprint density at radius 2 is 2.12 bits per heavy atom. The lowest BCUT2D eigenvalue weighted by Crippen LogP contribution is -2.42. The van der Waals surface area contributed by atoms with E-state index in [1.807, 2.05) is 12.1 Å². The number of hydrogen-bond acceptors (Lipinski definition) is 3. The highest BCUT2D eigenvalue weighted by Gasteiger charge is 2.38. The molecule has 0 N–H and O–H groups in total. The van der Waals surface area contributed by atoms with Gasteiger partial charge in [0.05, 0.1) is 0 Å². The second-order valence-electron chi connectivity index (χ2n) is 8.28. The minimum atomic E-state index is -1.70. The molecule has 0 bridgehead atoms. The van der Waals surface area contributed by atoms with E-state index in [1.165, 1.54) is 0 Å². The SMILES string of the molecule is C=CCc1ccc(N2CC[C@H](CO[Si](C)(C)C(C)(C)C)C2)nc1F. The molecule has 24 heavy (non-hydrogen) atoms. The van der Waals surface area contributed by atoms with Crippen molar-refractivity contribution < 1.29 is 8.82 Å². The van der Waals surface area contributed by atoms with E-state index in [1.54, 1.807) is 6.08 Å². The molecule has 1 aromatic heterocycles. The van der Waals surface area contributed by atoms with Gasteiger partial charge in [0.2, 0.25) is 5.95 Å². The highest BCUT2D eigenvalue weighted by atomic mass is 28.4. The summed E-state index contributed by atoms with van der Waals surface area (Å²) in [5.41, 5.74) is 0.603. The van der Waals surface area contributed by atoms with Crippen molar-refractivity contribution in [2.45, 2.75) is 51.7 Å². The Labute approximate surface area is 147 Å². The summed E-state index contributed by atoms with van der Waals surface area (Å²) in [5, 5.41) is 0.233. The molecule has 3 nitrogen and oxygen atoms in total. The molecule has 2 heterocycles. The lowest BCUT2D eigenvalue weighted by Gasteiger charge is -2.37. The van der Waals surface area contributed by atoms with Crippen LogP contribution in [-0.2, 0) is 10.8 Å². The molecule has 0 unspecified atom stereocenters. The summed E-state index contributed by atoms with van der Waals surface area (Å²) in [5.74, 6) is 0.848. The molecule has 0 amide bonds. The first-order chi connectivity index (χ1) is 11.1. The number of nitrogens with zero attached hydrogens (tertiary/aromatic N) is 2. The lowest BCUT2D eigenvalue weighted by molar-refractivity contribution is 0.238. The van der Waals surface area contributed by atoms with Gasteiger partial charge in [-0.25, -0.2) is 4.98 Å². The van der Waals surface area contributed by atoms with Gasteiger partial charge in [0.1, 0.15) is 5.82 Å². The number of anilines is 1. The zero-order valence-corrected chi connectivity index (χ0v) is 16.7. The smallest absolute Gasteiger partial charge is 0.218 e. The molecule has 0 aliphatic carbocycles. The van der Waals surface area contributed by atoms with Gasteiger partial charge in [0.25, 0.3) is 0 Å². The summed E-state index contributed by atoms with van der Waals surface area (Å²) >= 11 is 0. The molecule has 1 saturated heterocycles. The summed E-state index contributed by atoms with van der Waals surface area (Å²) in [6, 6.07) is 3.73. The van der Waals surface area contributed by atoms with Crippen molar-refractivity contribution in [3.05, 3.63) is 36.3 Å². The van der Waals surface area contributed by atoms with Crippen molar-refractivity contribution >= 4 is 14.1 Å². The Morgan fingerprint density at radius 3 is 2.71 bits per heavy atom. The van der Waals surface area contributed by atoms with Crippen LogP contribution in [0.5, 0.6) is 0 Å².